The molecule has 0 bridgehead atoms. The highest BCUT2D eigenvalue weighted by molar-refractivity contribution is 7.22. The molecule has 1 amide bonds. The van der Waals surface area contributed by atoms with E-state index in [1.54, 1.807) is 60.7 Å². The SMILES string of the molecule is CCOc1ccc(/C(O)=C2\C(=O)C(=O)N(c3nc4ccc(OCC)cc4s3)C2c2ccc(C(=O)OC)cc2)cc1. The van der Waals surface area contributed by atoms with Gasteiger partial charge in [0.25, 0.3) is 5.78 Å². The number of benzene rings is 3. The van der Waals surface area contributed by atoms with Gasteiger partial charge in [-0.05, 0) is 74.0 Å². The molecular formula is C30H26N2O7S. The van der Waals surface area contributed by atoms with E-state index < -0.39 is 23.7 Å². The monoisotopic (exact) mass is 558 g/mol. The number of ether oxygens (including phenoxy) is 3. The van der Waals surface area contributed by atoms with Crippen LogP contribution in [0, 0.1) is 0 Å². The van der Waals surface area contributed by atoms with Crippen molar-refractivity contribution in [1.29, 1.82) is 0 Å². The fourth-order valence-corrected chi connectivity index (χ4v) is 5.57. The smallest absolute Gasteiger partial charge is 0.337 e. The van der Waals surface area contributed by atoms with Gasteiger partial charge in [0, 0.05) is 5.56 Å². The first kappa shape index (κ1) is 26.9. The topological polar surface area (TPSA) is 115 Å². The quantitative estimate of drug-likeness (QED) is 0.130. The highest BCUT2D eigenvalue weighted by Crippen LogP contribution is 2.44. The second-order valence-electron chi connectivity index (χ2n) is 8.80. The number of thiazole rings is 1. The van der Waals surface area contributed by atoms with Gasteiger partial charge in [-0.2, -0.15) is 0 Å². The third-order valence-corrected chi connectivity index (χ3v) is 7.41. The standard InChI is InChI=1S/C30H26N2O7S/c1-4-38-20-12-10-18(11-13-20)26(33)24-25(17-6-8-19(9-7-17)29(36)37-3)32(28(35)27(24)34)30-31-22-15-14-21(39-5-2)16-23(22)40-30/h6-16,25,33H,4-5H2,1-3H3/b26-24+. The Balaban J connectivity index is 1.65. The van der Waals surface area contributed by atoms with E-state index in [1.165, 1.54) is 23.3 Å². The molecular weight excluding hydrogens is 532 g/mol. The molecule has 9 nitrogen and oxygen atoms in total. The Hall–Kier alpha value is -4.70. The number of carbonyl (C=O) groups excluding carboxylic acids is 3. The molecule has 1 aliphatic heterocycles. The highest BCUT2D eigenvalue weighted by Gasteiger charge is 2.48. The largest absolute Gasteiger partial charge is 0.507 e. The van der Waals surface area contributed by atoms with Crippen LogP contribution in [0.3, 0.4) is 0 Å². The number of hydrogen-bond acceptors (Lipinski definition) is 9. The van der Waals surface area contributed by atoms with Crippen LogP contribution >= 0.6 is 11.3 Å². The molecule has 0 spiro atoms. The van der Waals surface area contributed by atoms with Gasteiger partial charge in [0.05, 0.1) is 47.7 Å². The number of amides is 1. The molecule has 4 aromatic rings. The van der Waals surface area contributed by atoms with Crippen molar-refractivity contribution in [3.63, 3.8) is 0 Å². The number of fused-ring (bicyclic) bond motifs is 1. The lowest BCUT2D eigenvalue weighted by Crippen LogP contribution is -2.29. The number of ketones is 1. The zero-order valence-corrected chi connectivity index (χ0v) is 22.9. The van der Waals surface area contributed by atoms with Crippen molar-refractivity contribution in [2.75, 3.05) is 25.2 Å². The number of rotatable bonds is 8. The number of Topliss-reactive ketones (excluding diaryl/α,β-unsaturated/α-hetero) is 1. The van der Waals surface area contributed by atoms with Crippen molar-refractivity contribution in [2.45, 2.75) is 19.9 Å². The number of methoxy groups -OCH3 is 1. The van der Waals surface area contributed by atoms with Crippen LogP contribution in [0.2, 0.25) is 0 Å². The molecule has 1 fully saturated rings. The van der Waals surface area contributed by atoms with E-state index in [4.69, 9.17) is 14.2 Å². The second-order valence-corrected chi connectivity index (χ2v) is 9.81. The van der Waals surface area contributed by atoms with Crippen LogP contribution in [0.25, 0.3) is 16.0 Å². The summed E-state index contributed by atoms with van der Waals surface area (Å²) in [5, 5.41) is 11.7. The van der Waals surface area contributed by atoms with Gasteiger partial charge in [-0.3, -0.25) is 14.5 Å². The maximum atomic E-state index is 13.5. The number of aromatic nitrogens is 1. The first-order chi connectivity index (χ1) is 19.4. The van der Waals surface area contributed by atoms with E-state index >= 15 is 0 Å². The minimum atomic E-state index is -0.995. The molecule has 3 aromatic carbocycles. The van der Waals surface area contributed by atoms with Crippen LogP contribution in [-0.4, -0.2) is 48.1 Å². The predicted octanol–water partition coefficient (Wildman–Crippen LogP) is 5.51. The van der Waals surface area contributed by atoms with Crippen LogP contribution in [-0.2, 0) is 14.3 Å². The number of aliphatic hydroxyl groups excluding tert-OH is 1. The van der Waals surface area contributed by atoms with Crippen molar-refractivity contribution in [3.05, 3.63) is 89.0 Å². The summed E-state index contributed by atoms with van der Waals surface area (Å²) in [6.45, 7) is 4.73. The van der Waals surface area contributed by atoms with Gasteiger partial charge in [0.1, 0.15) is 17.3 Å². The van der Waals surface area contributed by atoms with Crippen LogP contribution in [0.5, 0.6) is 11.5 Å². The minimum Gasteiger partial charge on any atom is -0.507 e. The molecule has 2 heterocycles. The molecule has 1 atom stereocenters. The number of esters is 1. The van der Waals surface area contributed by atoms with Gasteiger partial charge in [0.15, 0.2) is 5.13 Å². The van der Waals surface area contributed by atoms with Gasteiger partial charge in [0.2, 0.25) is 0 Å². The summed E-state index contributed by atoms with van der Waals surface area (Å²) in [6.07, 6.45) is 0. The Kier molecular flexibility index (Phi) is 7.52. The van der Waals surface area contributed by atoms with Gasteiger partial charge >= 0.3 is 11.9 Å². The lowest BCUT2D eigenvalue weighted by Gasteiger charge is -2.23. The molecule has 10 heteroatoms. The normalized spacial score (nSPS) is 16.4. The maximum absolute atomic E-state index is 13.5. The summed E-state index contributed by atoms with van der Waals surface area (Å²) in [4.78, 5) is 45.0. The van der Waals surface area contributed by atoms with Crippen molar-refractivity contribution >= 4 is 50.1 Å². The van der Waals surface area contributed by atoms with Crippen molar-refractivity contribution in [3.8, 4) is 11.5 Å². The zero-order valence-electron chi connectivity index (χ0n) is 22.0. The Labute approximate surface area is 234 Å². The van der Waals surface area contributed by atoms with E-state index in [0.717, 1.165) is 4.70 Å². The molecule has 1 N–H and O–H groups in total. The van der Waals surface area contributed by atoms with Crippen molar-refractivity contribution in [2.24, 2.45) is 0 Å². The van der Waals surface area contributed by atoms with Crippen molar-refractivity contribution < 1.29 is 33.7 Å². The highest BCUT2D eigenvalue weighted by atomic mass is 32.1. The Morgan fingerprint density at radius 2 is 1.55 bits per heavy atom. The molecule has 204 valence electrons. The number of anilines is 1. The van der Waals surface area contributed by atoms with Crippen molar-refractivity contribution in [1.82, 2.24) is 4.98 Å². The molecule has 1 unspecified atom stereocenters. The second kappa shape index (κ2) is 11.2. The number of carbonyl (C=O) groups is 3. The van der Waals surface area contributed by atoms with Gasteiger partial charge in [-0.15, -0.1) is 0 Å². The molecule has 1 saturated heterocycles. The van der Waals surface area contributed by atoms with E-state index in [2.05, 4.69) is 4.98 Å². The number of hydrogen-bond donors (Lipinski definition) is 1. The van der Waals surface area contributed by atoms with Gasteiger partial charge in [-0.1, -0.05) is 23.5 Å². The molecule has 40 heavy (non-hydrogen) atoms. The first-order valence-corrected chi connectivity index (χ1v) is 13.4. The molecule has 0 aliphatic carbocycles. The third-order valence-electron chi connectivity index (χ3n) is 6.40. The summed E-state index contributed by atoms with van der Waals surface area (Å²) >= 11 is 1.23. The van der Waals surface area contributed by atoms with Gasteiger partial charge < -0.3 is 19.3 Å². The van der Waals surface area contributed by atoms with Gasteiger partial charge in [-0.25, -0.2) is 9.78 Å². The summed E-state index contributed by atoms with van der Waals surface area (Å²) < 4.78 is 16.6. The molecule has 5 rings (SSSR count). The van der Waals surface area contributed by atoms with Crippen LogP contribution in [0.15, 0.2) is 72.3 Å². The first-order valence-electron chi connectivity index (χ1n) is 12.6. The molecule has 1 aliphatic rings. The molecule has 1 aromatic heterocycles. The van der Waals surface area contributed by atoms with E-state index in [1.807, 2.05) is 19.9 Å². The lowest BCUT2D eigenvalue weighted by molar-refractivity contribution is -0.132. The van der Waals surface area contributed by atoms with Crippen LogP contribution < -0.4 is 14.4 Å². The Bertz CT molecular complexity index is 1620. The average Bonchev–Trinajstić information content (AvgIpc) is 3.50. The Morgan fingerprint density at radius 1 is 0.925 bits per heavy atom. The summed E-state index contributed by atoms with van der Waals surface area (Å²) in [6, 6.07) is 17.4. The minimum absolute atomic E-state index is 0.0887. The van der Waals surface area contributed by atoms with E-state index in [0.29, 0.717) is 52.1 Å². The van der Waals surface area contributed by atoms with E-state index in [9.17, 15) is 19.5 Å². The fourth-order valence-electron chi connectivity index (χ4n) is 4.55. The summed E-state index contributed by atoms with van der Waals surface area (Å²) in [5.41, 5.74) is 1.71. The fraction of sp³-hybridized carbons (Fsp3) is 0.200. The predicted molar refractivity (Wildman–Crippen MR) is 151 cm³/mol. The lowest BCUT2D eigenvalue weighted by atomic mass is 9.94. The average molecular weight is 559 g/mol. The number of aliphatic hydroxyl groups is 1. The maximum Gasteiger partial charge on any atom is 0.337 e. The molecule has 0 radical (unpaired) electrons. The number of nitrogens with zero attached hydrogens (tertiary/aromatic N) is 2. The van der Waals surface area contributed by atoms with Crippen LogP contribution in [0.4, 0.5) is 5.13 Å². The summed E-state index contributed by atoms with van der Waals surface area (Å²) in [5.74, 6) is -1.24. The van der Waals surface area contributed by atoms with E-state index in [-0.39, 0.29) is 11.3 Å². The molecule has 0 saturated carbocycles. The third kappa shape index (κ3) is 4.89. The zero-order chi connectivity index (χ0) is 28.4. The Morgan fingerprint density at radius 3 is 2.20 bits per heavy atom. The summed E-state index contributed by atoms with van der Waals surface area (Å²) in [7, 11) is 1.28. The van der Waals surface area contributed by atoms with Crippen LogP contribution in [0.1, 0.15) is 41.4 Å².